The average molecular weight is 324 g/mol. The van der Waals surface area contributed by atoms with Gasteiger partial charge in [0, 0.05) is 18.2 Å². The van der Waals surface area contributed by atoms with Crippen LogP contribution in [0.25, 0.3) is 6.08 Å². The van der Waals surface area contributed by atoms with E-state index in [2.05, 4.69) is 20.9 Å². The number of nitro benzene ring substituents is 1. The van der Waals surface area contributed by atoms with Gasteiger partial charge in [0.1, 0.15) is 0 Å². The van der Waals surface area contributed by atoms with E-state index in [4.69, 9.17) is 12.2 Å². The van der Waals surface area contributed by atoms with Crippen molar-refractivity contribution in [2.75, 3.05) is 7.11 Å². The first kappa shape index (κ1) is 17.0. The number of thiocarbonyl (C=S) groups is 1. The van der Waals surface area contributed by atoms with Crippen molar-refractivity contribution < 1.29 is 19.2 Å². The van der Waals surface area contributed by atoms with E-state index in [-0.39, 0.29) is 10.8 Å². The van der Waals surface area contributed by atoms with Gasteiger partial charge in [0.15, 0.2) is 5.11 Å². The van der Waals surface area contributed by atoms with Crippen molar-refractivity contribution in [2.24, 2.45) is 0 Å². The third kappa shape index (κ3) is 5.96. The number of non-ortho nitro benzene ring substituents is 1. The third-order valence-corrected chi connectivity index (χ3v) is 2.44. The Morgan fingerprint density at radius 1 is 1.27 bits per heavy atom. The number of ether oxygens (including phenoxy) is 1. The van der Waals surface area contributed by atoms with Gasteiger partial charge in [-0.05, 0) is 36.0 Å². The topological polar surface area (TPSA) is 123 Å². The molecule has 0 aromatic heterocycles. The van der Waals surface area contributed by atoms with Crippen LogP contribution in [0.15, 0.2) is 30.3 Å². The van der Waals surface area contributed by atoms with Crippen LogP contribution in [0.4, 0.5) is 10.5 Å². The van der Waals surface area contributed by atoms with Crippen LogP contribution in [0.5, 0.6) is 0 Å². The fraction of sp³-hybridized carbons (Fsp3) is 0.0833. The van der Waals surface area contributed by atoms with Crippen LogP contribution in [-0.2, 0) is 9.53 Å². The number of amides is 2. The Morgan fingerprint density at radius 2 is 1.91 bits per heavy atom. The molecule has 2 amide bonds. The van der Waals surface area contributed by atoms with Gasteiger partial charge < -0.3 is 4.74 Å². The maximum absolute atomic E-state index is 11.5. The fourth-order valence-corrected chi connectivity index (χ4v) is 1.37. The molecule has 1 aromatic carbocycles. The number of benzene rings is 1. The lowest BCUT2D eigenvalue weighted by Gasteiger charge is -2.08. The minimum atomic E-state index is -0.766. The Hall–Kier alpha value is -3.01. The van der Waals surface area contributed by atoms with Gasteiger partial charge in [-0.25, -0.2) is 10.2 Å². The monoisotopic (exact) mass is 324 g/mol. The quantitative estimate of drug-likeness (QED) is 0.326. The normalized spacial score (nSPS) is 9.86. The molecule has 1 rings (SSSR count). The average Bonchev–Trinajstić information content (AvgIpc) is 2.50. The zero-order valence-corrected chi connectivity index (χ0v) is 12.2. The Labute approximate surface area is 130 Å². The van der Waals surface area contributed by atoms with Crippen LogP contribution in [0.2, 0.25) is 0 Å². The Bertz CT molecular complexity index is 614. The summed E-state index contributed by atoms with van der Waals surface area (Å²) >= 11 is 4.75. The molecule has 9 nitrogen and oxygen atoms in total. The maximum atomic E-state index is 11.5. The molecule has 0 saturated carbocycles. The summed E-state index contributed by atoms with van der Waals surface area (Å²) in [6, 6.07) is 5.64. The van der Waals surface area contributed by atoms with E-state index in [1.165, 1.54) is 43.5 Å². The summed E-state index contributed by atoms with van der Waals surface area (Å²) < 4.78 is 4.29. The van der Waals surface area contributed by atoms with Crippen molar-refractivity contribution in [3.05, 3.63) is 46.0 Å². The van der Waals surface area contributed by atoms with Gasteiger partial charge in [0.25, 0.3) is 5.69 Å². The molecule has 0 aliphatic rings. The first-order valence-corrected chi connectivity index (χ1v) is 6.20. The van der Waals surface area contributed by atoms with Crippen molar-refractivity contribution in [1.82, 2.24) is 16.2 Å². The molecule has 0 heterocycles. The summed E-state index contributed by atoms with van der Waals surface area (Å²) in [7, 11) is 1.17. The number of nitrogens with zero attached hydrogens (tertiary/aromatic N) is 1. The number of carbonyl (C=O) groups is 2. The number of nitro groups is 1. The largest absolute Gasteiger partial charge is 0.452 e. The molecule has 1 aromatic rings. The van der Waals surface area contributed by atoms with Crippen LogP contribution in [0, 0.1) is 10.1 Å². The highest BCUT2D eigenvalue weighted by molar-refractivity contribution is 7.80. The van der Waals surface area contributed by atoms with Crippen molar-refractivity contribution >= 4 is 41.1 Å². The van der Waals surface area contributed by atoms with Crippen LogP contribution in [0.1, 0.15) is 5.56 Å². The molecular weight excluding hydrogens is 312 g/mol. The molecule has 3 N–H and O–H groups in total. The molecule has 0 bridgehead atoms. The van der Waals surface area contributed by atoms with Gasteiger partial charge in [0.05, 0.1) is 12.0 Å². The first-order valence-electron chi connectivity index (χ1n) is 5.80. The molecule has 0 unspecified atom stereocenters. The summed E-state index contributed by atoms with van der Waals surface area (Å²) in [4.78, 5) is 32.3. The van der Waals surface area contributed by atoms with E-state index < -0.39 is 16.9 Å². The van der Waals surface area contributed by atoms with Gasteiger partial charge in [0.2, 0.25) is 5.91 Å². The molecule has 116 valence electrons. The van der Waals surface area contributed by atoms with Gasteiger partial charge in [-0.2, -0.15) is 0 Å². The summed E-state index contributed by atoms with van der Waals surface area (Å²) in [6.45, 7) is 0. The van der Waals surface area contributed by atoms with E-state index in [1.807, 2.05) is 0 Å². The molecule has 0 spiro atoms. The Morgan fingerprint density at radius 3 is 2.45 bits per heavy atom. The van der Waals surface area contributed by atoms with E-state index in [1.54, 1.807) is 0 Å². The lowest BCUT2D eigenvalue weighted by atomic mass is 10.2. The van der Waals surface area contributed by atoms with Crippen LogP contribution >= 0.6 is 12.2 Å². The van der Waals surface area contributed by atoms with E-state index >= 15 is 0 Å². The SMILES string of the molecule is COC(=O)NNC(=S)NC(=O)/C=C/c1ccc([N+](=O)[O-])cc1. The number of hydrogen-bond donors (Lipinski definition) is 3. The standard InChI is InChI=1S/C12H12N4O5S/c1-21-12(18)15-14-11(22)13-10(17)7-4-8-2-5-9(6-3-8)16(19)20/h2-7H,1H3,(H,15,18)(H2,13,14,17,22)/b7-4+. The molecule has 0 radical (unpaired) electrons. The Kier molecular flexibility index (Phi) is 6.44. The molecule has 0 aliphatic heterocycles. The molecule has 0 fully saturated rings. The van der Waals surface area contributed by atoms with Crippen LogP contribution in [-0.4, -0.2) is 29.1 Å². The number of rotatable bonds is 3. The second-order valence-electron chi connectivity index (χ2n) is 3.74. The highest BCUT2D eigenvalue weighted by Gasteiger charge is 2.04. The van der Waals surface area contributed by atoms with Crippen LogP contribution in [0.3, 0.4) is 0 Å². The fourth-order valence-electron chi connectivity index (χ4n) is 1.22. The first-order chi connectivity index (χ1) is 10.4. The number of nitrogens with one attached hydrogen (secondary N) is 3. The molecule has 0 saturated heterocycles. The predicted octanol–water partition coefficient (Wildman–Crippen LogP) is 0.870. The summed E-state index contributed by atoms with van der Waals surface area (Å²) in [5.74, 6) is -0.539. The van der Waals surface area contributed by atoms with E-state index in [0.717, 1.165) is 0 Å². The van der Waals surface area contributed by atoms with Crippen molar-refractivity contribution in [1.29, 1.82) is 0 Å². The Balaban J connectivity index is 2.48. The van der Waals surface area contributed by atoms with Crippen LogP contribution < -0.4 is 16.2 Å². The third-order valence-electron chi connectivity index (χ3n) is 2.23. The summed E-state index contributed by atoms with van der Waals surface area (Å²) in [5, 5.41) is 12.6. The van der Waals surface area contributed by atoms with Gasteiger partial charge >= 0.3 is 6.09 Å². The summed E-state index contributed by atoms with van der Waals surface area (Å²) in [5.41, 5.74) is 4.88. The van der Waals surface area contributed by atoms with Gasteiger partial charge in [-0.3, -0.25) is 25.7 Å². The van der Waals surface area contributed by atoms with Crippen molar-refractivity contribution in [3.8, 4) is 0 Å². The number of methoxy groups -OCH3 is 1. The maximum Gasteiger partial charge on any atom is 0.425 e. The second kappa shape index (κ2) is 8.32. The van der Waals surface area contributed by atoms with Crippen molar-refractivity contribution in [2.45, 2.75) is 0 Å². The molecule has 22 heavy (non-hydrogen) atoms. The molecule has 0 atom stereocenters. The van der Waals surface area contributed by atoms with Crippen molar-refractivity contribution in [3.63, 3.8) is 0 Å². The van der Waals surface area contributed by atoms with Gasteiger partial charge in [-0.1, -0.05) is 0 Å². The summed E-state index contributed by atoms with van der Waals surface area (Å²) in [6.07, 6.45) is 1.88. The number of hydrogen-bond acceptors (Lipinski definition) is 6. The number of hydrazine groups is 1. The highest BCUT2D eigenvalue weighted by atomic mass is 32.1. The minimum Gasteiger partial charge on any atom is -0.452 e. The lowest BCUT2D eigenvalue weighted by Crippen LogP contribution is -2.48. The molecule has 10 heteroatoms. The molecule has 0 aliphatic carbocycles. The van der Waals surface area contributed by atoms with E-state index in [0.29, 0.717) is 5.56 Å². The second-order valence-corrected chi connectivity index (χ2v) is 4.15. The number of carbonyl (C=O) groups excluding carboxylic acids is 2. The lowest BCUT2D eigenvalue weighted by molar-refractivity contribution is -0.384. The van der Waals surface area contributed by atoms with E-state index in [9.17, 15) is 19.7 Å². The minimum absolute atomic E-state index is 0.0409. The smallest absolute Gasteiger partial charge is 0.425 e. The van der Waals surface area contributed by atoms with Gasteiger partial charge in [-0.15, -0.1) is 0 Å². The predicted molar refractivity (Wildman–Crippen MR) is 81.5 cm³/mol. The highest BCUT2D eigenvalue weighted by Crippen LogP contribution is 2.12. The zero-order valence-electron chi connectivity index (χ0n) is 11.4. The molecular formula is C12H12N4O5S. The zero-order chi connectivity index (χ0) is 16.5.